The van der Waals surface area contributed by atoms with E-state index in [0.717, 1.165) is 0 Å². The van der Waals surface area contributed by atoms with Gasteiger partial charge >= 0.3 is 0 Å². The van der Waals surface area contributed by atoms with Crippen LogP contribution in [0.15, 0.2) is 30.0 Å². The van der Waals surface area contributed by atoms with Crippen LogP contribution in [0.1, 0.15) is 30.6 Å². The molecule has 1 heterocycles. The highest BCUT2D eigenvalue weighted by atomic mass is 19.1. The van der Waals surface area contributed by atoms with Crippen LogP contribution in [-0.4, -0.2) is 36.8 Å². The monoisotopic (exact) mass is 332 g/mol. The van der Waals surface area contributed by atoms with Crippen LogP contribution >= 0.6 is 0 Å². The summed E-state index contributed by atoms with van der Waals surface area (Å²) in [4.78, 5) is 26.4. The van der Waals surface area contributed by atoms with Crippen molar-refractivity contribution in [2.45, 2.75) is 20.3 Å². The van der Waals surface area contributed by atoms with Crippen LogP contribution in [0.5, 0.6) is 5.75 Å². The Morgan fingerprint density at radius 1 is 1.33 bits per heavy atom. The largest absolute Gasteiger partial charge is 0.496 e. The van der Waals surface area contributed by atoms with E-state index in [0.29, 0.717) is 25.3 Å². The van der Waals surface area contributed by atoms with E-state index in [1.807, 2.05) is 13.8 Å². The Morgan fingerprint density at radius 3 is 2.58 bits per heavy atom. The summed E-state index contributed by atoms with van der Waals surface area (Å²) in [6.45, 7) is 4.67. The second-order valence-electron chi connectivity index (χ2n) is 7.36. The van der Waals surface area contributed by atoms with E-state index in [1.165, 1.54) is 25.3 Å². The number of ketones is 1. The second kappa shape index (κ2) is 5.33. The highest BCUT2D eigenvalue weighted by Crippen LogP contribution is 2.47. The van der Waals surface area contributed by atoms with Gasteiger partial charge in [-0.05, 0) is 30.7 Å². The number of nitrogens with two attached hydrogens (primary N) is 1. The third-order valence-corrected chi connectivity index (χ3v) is 4.82. The summed E-state index contributed by atoms with van der Waals surface area (Å²) in [5.74, 6) is -0.470. The molecule has 0 saturated carbocycles. The topological polar surface area (TPSA) is 72.6 Å². The minimum absolute atomic E-state index is 0.0512. The maximum absolute atomic E-state index is 13.5. The molecule has 2 aliphatic rings. The predicted octanol–water partition coefficient (Wildman–Crippen LogP) is 2.12. The quantitative estimate of drug-likeness (QED) is 0.900. The summed E-state index contributed by atoms with van der Waals surface area (Å²) in [7, 11) is 1.44. The van der Waals surface area contributed by atoms with Crippen molar-refractivity contribution >= 4 is 11.7 Å². The SMILES string of the molecule is COc1ccc(F)cc1C(=O)N1CC2(C=C(N)C(=O)C(C)(C)C2)C1. The van der Waals surface area contributed by atoms with Gasteiger partial charge in [-0.1, -0.05) is 13.8 Å². The summed E-state index contributed by atoms with van der Waals surface area (Å²) in [6.07, 6.45) is 2.43. The van der Waals surface area contributed by atoms with Crippen LogP contribution in [0.3, 0.4) is 0 Å². The first-order valence-corrected chi connectivity index (χ1v) is 7.83. The summed E-state index contributed by atoms with van der Waals surface area (Å²) < 4.78 is 18.6. The van der Waals surface area contributed by atoms with Crippen LogP contribution in [0, 0.1) is 16.6 Å². The Labute approximate surface area is 140 Å². The Balaban J connectivity index is 1.81. The first-order chi connectivity index (χ1) is 11.2. The zero-order chi connectivity index (χ0) is 17.7. The molecule has 1 amide bonds. The van der Waals surface area contributed by atoms with Crippen LogP contribution in [-0.2, 0) is 4.79 Å². The molecule has 24 heavy (non-hydrogen) atoms. The zero-order valence-electron chi connectivity index (χ0n) is 14.1. The lowest BCUT2D eigenvalue weighted by Gasteiger charge is -2.53. The van der Waals surface area contributed by atoms with Gasteiger partial charge in [0.25, 0.3) is 5.91 Å². The van der Waals surface area contributed by atoms with Crippen molar-refractivity contribution in [1.82, 2.24) is 4.90 Å². The predicted molar refractivity (Wildman–Crippen MR) is 87.0 cm³/mol. The number of allylic oxidation sites excluding steroid dienone is 1. The number of Topliss-reactive ketones (excluding diaryl/α,β-unsaturated/α-hetero) is 1. The van der Waals surface area contributed by atoms with Crippen molar-refractivity contribution in [2.24, 2.45) is 16.6 Å². The fraction of sp³-hybridized carbons (Fsp3) is 0.444. The number of carbonyl (C=O) groups is 2. The lowest BCUT2D eigenvalue weighted by atomic mass is 9.62. The van der Waals surface area contributed by atoms with Gasteiger partial charge in [0.1, 0.15) is 11.6 Å². The van der Waals surface area contributed by atoms with E-state index >= 15 is 0 Å². The van der Waals surface area contributed by atoms with Gasteiger partial charge in [-0.2, -0.15) is 0 Å². The fourth-order valence-corrected chi connectivity index (χ4v) is 3.88. The molecule has 1 spiro atoms. The molecule has 1 aromatic rings. The zero-order valence-corrected chi connectivity index (χ0v) is 14.1. The summed E-state index contributed by atoms with van der Waals surface area (Å²) in [5.41, 5.74) is 5.53. The molecule has 1 aliphatic carbocycles. The van der Waals surface area contributed by atoms with Crippen LogP contribution in [0.25, 0.3) is 0 Å². The Hall–Kier alpha value is -2.37. The Bertz CT molecular complexity index is 749. The number of halogens is 1. The number of benzene rings is 1. The van der Waals surface area contributed by atoms with Crippen molar-refractivity contribution in [3.8, 4) is 5.75 Å². The molecular formula is C18H21FN2O3. The lowest BCUT2D eigenvalue weighted by Crippen LogP contribution is -2.61. The van der Waals surface area contributed by atoms with Crippen molar-refractivity contribution in [3.63, 3.8) is 0 Å². The number of ether oxygens (including phenoxy) is 1. The number of carbonyl (C=O) groups excluding carboxylic acids is 2. The van der Waals surface area contributed by atoms with Gasteiger partial charge in [-0.3, -0.25) is 9.59 Å². The Kier molecular flexibility index (Phi) is 3.66. The average molecular weight is 332 g/mol. The minimum atomic E-state index is -0.537. The Morgan fingerprint density at radius 2 is 2.00 bits per heavy atom. The first-order valence-electron chi connectivity index (χ1n) is 7.83. The minimum Gasteiger partial charge on any atom is -0.496 e. The van der Waals surface area contributed by atoms with Gasteiger partial charge in [0.05, 0.1) is 18.4 Å². The third-order valence-electron chi connectivity index (χ3n) is 4.82. The maximum Gasteiger partial charge on any atom is 0.257 e. The molecule has 1 aromatic carbocycles. The molecule has 6 heteroatoms. The van der Waals surface area contributed by atoms with Gasteiger partial charge in [0.15, 0.2) is 5.78 Å². The molecule has 128 valence electrons. The number of rotatable bonds is 2. The summed E-state index contributed by atoms with van der Waals surface area (Å²) >= 11 is 0. The molecule has 0 unspecified atom stereocenters. The third kappa shape index (κ3) is 2.56. The average Bonchev–Trinajstić information content (AvgIpc) is 2.49. The number of methoxy groups -OCH3 is 1. The molecule has 0 aromatic heterocycles. The normalized spacial score (nSPS) is 21.2. The second-order valence-corrected chi connectivity index (χ2v) is 7.36. The van der Waals surface area contributed by atoms with Crippen molar-refractivity contribution in [1.29, 1.82) is 0 Å². The van der Waals surface area contributed by atoms with Gasteiger partial charge in [-0.15, -0.1) is 0 Å². The van der Waals surface area contributed by atoms with E-state index in [1.54, 1.807) is 11.0 Å². The molecule has 1 saturated heterocycles. The van der Waals surface area contributed by atoms with Crippen molar-refractivity contribution < 1.29 is 18.7 Å². The van der Waals surface area contributed by atoms with Gasteiger partial charge in [0, 0.05) is 23.9 Å². The smallest absolute Gasteiger partial charge is 0.257 e. The lowest BCUT2D eigenvalue weighted by molar-refractivity contribution is -0.127. The molecule has 2 N–H and O–H groups in total. The molecule has 0 atom stereocenters. The summed E-state index contributed by atoms with van der Waals surface area (Å²) in [5, 5.41) is 0. The molecule has 0 bridgehead atoms. The highest BCUT2D eigenvalue weighted by molar-refractivity contribution is 6.00. The maximum atomic E-state index is 13.5. The summed E-state index contributed by atoms with van der Waals surface area (Å²) in [6, 6.07) is 3.88. The molecular weight excluding hydrogens is 311 g/mol. The van der Waals surface area contributed by atoms with E-state index in [2.05, 4.69) is 0 Å². The van der Waals surface area contributed by atoms with Gasteiger partial charge < -0.3 is 15.4 Å². The molecule has 3 rings (SSSR count). The number of likely N-dealkylation sites (tertiary alicyclic amines) is 1. The standard InChI is InChI=1S/C18H21FN2O3/c1-17(2)8-18(7-13(20)15(17)22)9-21(10-18)16(23)12-6-11(19)4-5-14(12)24-3/h4-7H,8-10,20H2,1-3H3. The van der Waals surface area contributed by atoms with Crippen LogP contribution < -0.4 is 10.5 Å². The van der Waals surface area contributed by atoms with E-state index in [4.69, 9.17) is 10.5 Å². The van der Waals surface area contributed by atoms with Crippen molar-refractivity contribution in [3.05, 3.63) is 41.4 Å². The number of nitrogens with zero attached hydrogens (tertiary/aromatic N) is 1. The molecule has 5 nitrogen and oxygen atoms in total. The number of hydrogen-bond donors (Lipinski definition) is 1. The first kappa shape index (κ1) is 16.5. The van der Waals surface area contributed by atoms with Crippen LogP contribution in [0.2, 0.25) is 0 Å². The van der Waals surface area contributed by atoms with E-state index < -0.39 is 11.2 Å². The highest BCUT2D eigenvalue weighted by Gasteiger charge is 2.52. The van der Waals surface area contributed by atoms with Gasteiger partial charge in [-0.25, -0.2) is 4.39 Å². The number of hydrogen-bond acceptors (Lipinski definition) is 4. The fourth-order valence-electron chi connectivity index (χ4n) is 3.88. The molecule has 1 fully saturated rings. The molecule has 1 aliphatic heterocycles. The van der Waals surface area contributed by atoms with E-state index in [9.17, 15) is 14.0 Å². The van der Waals surface area contributed by atoms with Gasteiger partial charge in [0.2, 0.25) is 0 Å². The number of amides is 1. The van der Waals surface area contributed by atoms with Crippen LogP contribution in [0.4, 0.5) is 4.39 Å². The van der Waals surface area contributed by atoms with Crippen molar-refractivity contribution in [2.75, 3.05) is 20.2 Å². The molecule has 0 radical (unpaired) electrons. The van der Waals surface area contributed by atoms with E-state index in [-0.39, 0.29) is 28.4 Å².